The van der Waals surface area contributed by atoms with Gasteiger partial charge in [-0.2, -0.15) is 0 Å². The lowest BCUT2D eigenvalue weighted by Crippen LogP contribution is -2.04. The molecule has 0 amide bonds. The topological polar surface area (TPSA) is 29.3 Å². The molecule has 0 saturated heterocycles. The van der Waals surface area contributed by atoms with Crippen LogP contribution in [0.15, 0.2) is 23.7 Å². The Morgan fingerprint density at radius 3 is 2.75 bits per heavy atom. The van der Waals surface area contributed by atoms with Gasteiger partial charge >= 0.3 is 0 Å². The number of aromatic nitrogens is 2. The Morgan fingerprint density at radius 1 is 1.20 bits per heavy atom. The van der Waals surface area contributed by atoms with E-state index in [0.717, 1.165) is 22.0 Å². The Balaban J connectivity index is 1.88. The van der Waals surface area contributed by atoms with Crippen LogP contribution >= 0.6 is 46.1 Å². The van der Waals surface area contributed by atoms with Gasteiger partial charge in [-0.15, -0.1) is 11.3 Å². The van der Waals surface area contributed by atoms with Gasteiger partial charge in [-0.05, 0) is 19.1 Å². The molecule has 1 N–H and O–H groups in total. The summed E-state index contributed by atoms with van der Waals surface area (Å²) in [6.45, 7) is 2.61. The molecule has 0 atom stereocenters. The van der Waals surface area contributed by atoms with Crippen molar-refractivity contribution < 1.29 is 0 Å². The number of nitrogens with zero attached hydrogens (tertiary/aromatic N) is 2. The number of hydrogen-bond donors (Lipinski definition) is 1. The molecule has 1 aromatic carbocycles. The van der Waals surface area contributed by atoms with Crippen molar-refractivity contribution in [1.29, 1.82) is 0 Å². The van der Waals surface area contributed by atoms with E-state index >= 15 is 0 Å². The maximum Gasteiger partial charge on any atom is 0.194 e. The highest BCUT2D eigenvalue weighted by Gasteiger charge is 2.11. The van der Waals surface area contributed by atoms with Crippen LogP contribution in [0.1, 0.15) is 11.4 Å². The predicted molar refractivity (Wildman–Crippen MR) is 86.6 cm³/mol. The summed E-state index contributed by atoms with van der Waals surface area (Å²) in [4.78, 5) is 5.49. The van der Waals surface area contributed by atoms with Crippen molar-refractivity contribution in [3.8, 4) is 0 Å². The summed E-state index contributed by atoms with van der Waals surface area (Å²) < 4.78 is 2.07. The number of anilines is 1. The Kier molecular flexibility index (Phi) is 3.82. The van der Waals surface area contributed by atoms with Gasteiger partial charge < -0.3 is 5.32 Å². The minimum atomic E-state index is 0.447. The smallest absolute Gasteiger partial charge is 0.194 e. The Bertz CT molecular complexity index is 779. The summed E-state index contributed by atoms with van der Waals surface area (Å²) in [5.74, 6) is 0. The van der Waals surface area contributed by atoms with E-state index in [0.29, 0.717) is 21.6 Å². The van der Waals surface area contributed by atoms with E-state index in [-0.39, 0.29) is 0 Å². The number of aryl methyl sites for hydroxylation is 1. The van der Waals surface area contributed by atoms with Crippen LogP contribution in [0.4, 0.5) is 5.69 Å². The SMILES string of the molecule is Cc1nc2sccn2c1CNc1cc(Cl)c(Cl)cc1Cl. The minimum absolute atomic E-state index is 0.447. The number of rotatable bonds is 3. The van der Waals surface area contributed by atoms with E-state index in [1.165, 1.54) is 0 Å². The molecule has 0 aliphatic rings. The van der Waals surface area contributed by atoms with E-state index in [9.17, 15) is 0 Å². The number of nitrogens with one attached hydrogen (secondary N) is 1. The number of thiazole rings is 1. The number of fused-ring (bicyclic) bond motifs is 1. The van der Waals surface area contributed by atoms with Crippen LogP contribution in [0.25, 0.3) is 4.96 Å². The first-order valence-corrected chi connectivity index (χ1v) is 7.87. The summed E-state index contributed by atoms with van der Waals surface area (Å²) >= 11 is 19.7. The molecule has 0 saturated carbocycles. The summed E-state index contributed by atoms with van der Waals surface area (Å²) in [6.07, 6.45) is 2.01. The van der Waals surface area contributed by atoms with Crippen molar-refractivity contribution in [1.82, 2.24) is 9.38 Å². The number of halogens is 3. The lowest BCUT2D eigenvalue weighted by molar-refractivity contribution is 0.995. The lowest BCUT2D eigenvalue weighted by Gasteiger charge is -2.10. The summed E-state index contributed by atoms with van der Waals surface area (Å²) in [6, 6.07) is 3.37. The zero-order chi connectivity index (χ0) is 14.3. The molecular formula is C13H10Cl3N3S. The fourth-order valence-corrected chi connectivity index (χ4v) is 3.38. The molecule has 0 aliphatic heterocycles. The summed E-state index contributed by atoms with van der Waals surface area (Å²) in [5.41, 5.74) is 2.86. The van der Waals surface area contributed by atoms with Crippen LogP contribution in [-0.4, -0.2) is 9.38 Å². The van der Waals surface area contributed by atoms with Crippen molar-refractivity contribution in [2.24, 2.45) is 0 Å². The molecule has 3 rings (SSSR count). The molecule has 2 heterocycles. The average Bonchev–Trinajstić information content (AvgIpc) is 2.93. The van der Waals surface area contributed by atoms with Gasteiger partial charge in [0, 0.05) is 11.6 Å². The van der Waals surface area contributed by atoms with Crippen LogP contribution in [-0.2, 0) is 6.54 Å². The van der Waals surface area contributed by atoms with Crippen molar-refractivity contribution in [3.05, 3.63) is 50.2 Å². The molecule has 0 unspecified atom stereocenters. The van der Waals surface area contributed by atoms with Crippen LogP contribution < -0.4 is 5.32 Å². The van der Waals surface area contributed by atoms with Gasteiger partial charge in [-0.25, -0.2) is 4.98 Å². The molecule has 0 fully saturated rings. The first kappa shape index (κ1) is 14.0. The third kappa shape index (κ3) is 2.49. The predicted octanol–water partition coefficient (Wildman–Crippen LogP) is 5.28. The minimum Gasteiger partial charge on any atom is -0.378 e. The largest absolute Gasteiger partial charge is 0.378 e. The monoisotopic (exact) mass is 345 g/mol. The third-order valence-corrected chi connectivity index (χ3v) is 4.81. The molecule has 20 heavy (non-hydrogen) atoms. The second kappa shape index (κ2) is 5.45. The molecular weight excluding hydrogens is 337 g/mol. The first-order chi connectivity index (χ1) is 9.56. The van der Waals surface area contributed by atoms with E-state index in [4.69, 9.17) is 34.8 Å². The van der Waals surface area contributed by atoms with Crippen LogP contribution in [0.5, 0.6) is 0 Å². The van der Waals surface area contributed by atoms with Gasteiger partial charge in [-0.3, -0.25) is 4.40 Å². The fourth-order valence-electron chi connectivity index (χ4n) is 1.99. The molecule has 0 spiro atoms. The standard InChI is InChI=1S/C13H10Cl3N3S/c1-7-12(19-2-3-20-13(19)18-7)6-17-11-5-9(15)8(14)4-10(11)16/h2-5,17H,6H2,1H3. The zero-order valence-electron chi connectivity index (χ0n) is 10.5. The van der Waals surface area contributed by atoms with E-state index in [1.807, 2.05) is 18.5 Å². The van der Waals surface area contributed by atoms with Gasteiger partial charge in [0.2, 0.25) is 0 Å². The average molecular weight is 347 g/mol. The van der Waals surface area contributed by atoms with E-state index in [1.54, 1.807) is 23.5 Å². The van der Waals surface area contributed by atoms with Gasteiger partial charge in [0.1, 0.15) is 0 Å². The molecule has 0 aliphatic carbocycles. The van der Waals surface area contributed by atoms with Gasteiger partial charge in [-0.1, -0.05) is 34.8 Å². The second-order valence-corrected chi connectivity index (χ2v) is 6.39. The summed E-state index contributed by atoms with van der Waals surface area (Å²) in [5, 5.41) is 6.75. The fraction of sp³-hybridized carbons (Fsp3) is 0.154. The van der Waals surface area contributed by atoms with Crippen molar-refractivity contribution >= 4 is 56.8 Å². The van der Waals surface area contributed by atoms with Gasteiger partial charge in [0.25, 0.3) is 0 Å². The van der Waals surface area contributed by atoms with Gasteiger partial charge in [0.05, 0.1) is 38.7 Å². The van der Waals surface area contributed by atoms with E-state index in [2.05, 4.69) is 14.7 Å². The zero-order valence-corrected chi connectivity index (χ0v) is 13.5. The molecule has 0 radical (unpaired) electrons. The normalized spacial score (nSPS) is 11.2. The lowest BCUT2D eigenvalue weighted by atomic mass is 10.3. The Hall–Kier alpha value is -0.940. The second-order valence-electron chi connectivity index (χ2n) is 4.30. The van der Waals surface area contributed by atoms with E-state index < -0.39 is 0 Å². The third-order valence-electron chi connectivity index (χ3n) is 3.02. The maximum absolute atomic E-state index is 6.15. The van der Waals surface area contributed by atoms with Crippen molar-refractivity contribution in [3.63, 3.8) is 0 Å². The Labute approximate surface area is 135 Å². The quantitative estimate of drug-likeness (QED) is 0.654. The van der Waals surface area contributed by atoms with Crippen molar-refractivity contribution in [2.45, 2.75) is 13.5 Å². The molecule has 7 heteroatoms. The van der Waals surface area contributed by atoms with Gasteiger partial charge in [0.15, 0.2) is 4.96 Å². The maximum atomic E-state index is 6.15. The number of imidazole rings is 1. The van der Waals surface area contributed by atoms with Crippen LogP contribution in [0, 0.1) is 6.92 Å². The molecule has 0 bridgehead atoms. The Morgan fingerprint density at radius 2 is 1.95 bits per heavy atom. The highest BCUT2D eigenvalue weighted by Crippen LogP contribution is 2.32. The summed E-state index contributed by atoms with van der Waals surface area (Å²) in [7, 11) is 0. The van der Waals surface area contributed by atoms with Crippen molar-refractivity contribution in [2.75, 3.05) is 5.32 Å². The molecule has 3 nitrogen and oxygen atoms in total. The molecule has 3 aromatic rings. The highest BCUT2D eigenvalue weighted by atomic mass is 35.5. The highest BCUT2D eigenvalue weighted by molar-refractivity contribution is 7.15. The van der Waals surface area contributed by atoms with Crippen LogP contribution in [0.3, 0.4) is 0 Å². The molecule has 104 valence electrons. The number of benzene rings is 1. The number of hydrogen-bond acceptors (Lipinski definition) is 3. The van der Waals surface area contributed by atoms with Crippen LogP contribution in [0.2, 0.25) is 15.1 Å². The molecule has 2 aromatic heterocycles. The first-order valence-electron chi connectivity index (χ1n) is 5.85.